The molecule has 0 saturated heterocycles. The molecule has 1 rings (SSSR count). The summed E-state index contributed by atoms with van der Waals surface area (Å²) in [6.45, 7) is 2.19. The monoisotopic (exact) mass is 282 g/mol. The number of nitrogens with two attached hydrogens (primary N) is 1. The van der Waals surface area contributed by atoms with Gasteiger partial charge in [0.05, 0.1) is 11.8 Å². The molecule has 0 aliphatic rings. The molecule has 0 unspecified atom stereocenters. The van der Waals surface area contributed by atoms with Crippen molar-refractivity contribution in [1.82, 2.24) is 10.2 Å². The Bertz CT molecular complexity index is 417. The molecule has 0 aliphatic heterocycles. The molecule has 5 nitrogen and oxygen atoms in total. The van der Waals surface area contributed by atoms with Crippen molar-refractivity contribution >= 4 is 28.9 Å². The van der Waals surface area contributed by atoms with Gasteiger partial charge in [-0.3, -0.25) is 9.89 Å². The van der Waals surface area contributed by atoms with Gasteiger partial charge in [0.1, 0.15) is 10.8 Å². The predicted molar refractivity (Wildman–Crippen MR) is 81.1 cm³/mol. The number of hydrogen-bond acceptors (Lipinski definition) is 3. The minimum Gasteiger partial charge on any atom is -0.389 e. The van der Waals surface area contributed by atoms with E-state index in [1.54, 1.807) is 0 Å². The van der Waals surface area contributed by atoms with Crippen LogP contribution in [-0.2, 0) is 4.79 Å². The number of aromatic nitrogens is 2. The summed E-state index contributed by atoms with van der Waals surface area (Å²) in [6, 6.07) is 0. The first-order valence-electron chi connectivity index (χ1n) is 6.78. The van der Waals surface area contributed by atoms with Crippen molar-refractivity contribution in [3.63, 3.8) is 0 Å². The summed E-state index contributed by atoms with van der Waals surface area (Å²) in [5.41, 5.74) is 6.10. The lowest BCUT2D eigenvalue weighted by molar-refractivity contribution is -0.116. The zero-order chi connectivity index (χ0) is 14.1. The van der Waals surface area contributed by atoms with Crippen LogP contribution >= 0.6 is 12.2 Å². The topological polar surface area (TPSA) is 83.8 Å². The number of anilines is 1. The van der Waals surface area contributed by atoms with Crippen molar-refractivity contribution in [3.8, 4) is 0 Å². The van der Waals surface area contributed by atoms with Crippen LogP contribution in [0.3, 0.4) is 0 Å². The molecule has 1 aromatic rings. The molecule has 0 fully saturated rings. The number of nitrogens with zero attached hydrogens (tertiary/aromatic N) is 1. The minimum absolute atomic E-state index is 0.0303. The Morgan fingerprint density at radius 1 is 1.37 bits per heavy atom. The van der Waals surface area contributed by atoms with Gasteiger partial charge >= 0.3 is 0 Å². The van der Waals surface area contributed by atoms with Crippen molar-refractivity contribution in [1.29, 1.82) is 0 Å². The fourth-order valence-corrected chi connectivity index (χ4v) is 1.99. The maximum Gasteiger partial charge on any atom is 0.225 e. The molecule has 0 bridgehead atoms. The number of carbonyl (C=O) groups excluding carboxylic acids is 1. The molecule has 0 aliphatic carbocycles. The SMILES string of the molecule is CCCCCCCCC(=O)Nc1[nH]ncc1C(N)=S. The summed E-state index contributed by atoms with van der Waals surface area (Å²) in [4.78, 5) is 12.0. The second kappa shape index (κ2) is 8.63. The molecule has 19 heavy (non-hydrogen) atoms. The maximum atomic E-state index is 11.7. The van der Waals surface area contributed by atoms with Crippen LogP contribution in [0.5, 0.6) is 0 Å². The quantitative estimate of drug-likeness (QED) is 0.480. The molecule has 0 aromatic carbocycles. The Morgan fingerprint density at radius 2 is 2.05 bits per heavy atom. The second-order valence-corrected chi connectivity index (χ2v) is 5.03. The average molecular weight is 282 g/mol. The highest BCUT2D eigenvalue weighted by atomic mass is 32.1. The summed E-state index contributed by atoms with van der Waals surface area (Å²) in [7, 11) is 0. The van der Waals surface area contributed by atoms with Crippen molar-refractivity contribution in [2.75, 3.05) is 5.32 Å². The molecule has 0 radical (unpaired) electrons. The molecular weight excluding hydrogens is 260 g/mol. The van der Waals surface area contributed by atoms with Crippen LogP contribution < -0.4 is 11.1 Å². The number of rotatable bonds is 9. The lowest BCUT2D eigenvalue weighted by atomic mass is 10.1. The standard InChI is InChI=1S/C13H22N4OS/c1-2-3-4-5-6-7-8-11(18)16-13-10(12(14)19)9-15-17-13/h9H,2-8H2,1H3,(H2,14,19)(H2,15,16,17,18). The van der Waals surface area contributed by atoms with E-state index in [1.807, 2.05) is 0 Å². The van der Waals surface area contributed by atoms with Crippen molar-refractivity contribution < 1.29 is 4.79 Å². The summed E-state index contributed by atoms with van der Waals surface area (Å²) < 4.78 is 0. The Hall–Kier alpha value is -1.43. The third-order valence-corrected chi connectivity index (χ3v) is 3.15. The number of nitrogens with one attached hydrogen (secondary N) is 2. The molecule has 4 N–H and O–H groups in total. The maximum absolute atomic E-state index is 11.7. The van der Waals surface area contributed by atoms with Gasteiger partial charge in [-0.2, -0.15) is 5.10 Å². The van der Waals surface area contributed by atoms with Crippen LogP contribution in [0.25, 0.3) is 0 Å². The smallest absolute Gasteiger partial charge is 0.225 e. The lowest BCUT2D eigenvalue weighted by Crippen LogP contribution is -2.16. The molecule has 1 heterocycles. The van der Waals surface area contributed by atoms with Gasteiger partial charge < -0.3 is 11.1 Å². The Morgan fingerprint density at radius 3 is 2.74 bits per heavy atom. The zero-order valence-corrected chi connectivity index (χ0v) is 12.2. The van der Waals surface area contributed by atoms with Gasteiger partial charge in [-0.25, -0.2) is 0 Å². The van der Waals surface area contributed by atoms with Gasteiger partial charge in [-0.05, 0) is 6.42 Å². The van der Waals surface area contributed by atoms with Gasteiger partial charge in [-0.1, -0.05) is 51.2 Å². The molecule has 6 heteroatoms. The van der Waals surface area contributed by atoms with Crippen LogP contribution in [0, 0.1) is 0 Å². The van der Waals surface area contributed by atoms with E-state index in [1.165, 1.54) is 31.9 Å². The summed E-state index contributed by atoms with van der Waals surface area (Å²) in [5.74, 6) is 0.459. The van der Waals surface area contributed by atoms with E-state index in [0.717, 1.165) is 12.8 Å². The summed E-state index contributed by atoms with van der Waals surface area (Å²) >= 11 is 4.87. The summed E-state index contributed by atoms with van der Waals surface area (Å²) in [5, 5.41) is 9.26. The Labute approximate surface area is 119 Å². The Balaban J connectivity index is 2.24. The van der Waals surface area contributed by atoms with Crippen LogP contribution in [0.4, 0.5) is 5.82 Å². The van der Waals surface area contributed by atoms with Crippen LogP contribution in [0.2, 0.25) is 0 Å². The third kappa shape index (κ3) is 5.83. The van der Waals surface area contributed by atoms with Crippen molar-refractivity contribution in [3.05, 3.63) is 11.8 Å². The number of carbonyl (C=O) groups is 1. The van der Waals surface area contributed by atoms with E-state index < -0.39 is 0 Å². The molecule has 0 atom stereocenters. The fourth-order valence-electron chi connectivity index (χ4n) is 1.84. The molecule has 0 saturated carbocycles. The fraction of sp³-hybridized carbons (Fsp3) is 0.615. The van der Waals surface area contributed by atoms with Gasteiger partial charge in [0.15, 0.2) is 0 Å². The minimum atomic E-state index is -0.0303. The molecule has 1 aromatic heterocycles. The highest BCUT2D eigenvalue weighted by Gasteiger charge is 2.10. The van der Waals surface area contributed by atoms with E-state index in [9.17, 15) is 4.79 Å². The number of unbranched alkanes of at least 4 members (excludes halogenated alkanes) is 5. The number of H-pyrrole nitrogens is 1. The van der Waals surface area contributed by atoms with Gasteiger partial charge in [0, 0.05) is 6.42 Å². The van der Waals surface area contributed by atoms with Gasteiger partial charge in [0.25, 0.3) is 0 Å². The van der Waals surface area contributed by atoms with Crippen LogP contribution in [-0.4, -0.2) is 21.1 Å². The normalized spacial score (nSPS) is 10.4. The van der Waals surface area contributed by atoms with Crippen molar-refractivity contribution in [2.24, 2.45) is 5.73 Å². The number of thiocarbonyl (C=S) groups is 1. The first kappa shape index (κ1) is 15.6. The number of hydrogen-bond donors (Lipinski definition) is 3. The second-order valence-electron chi connectivity index (χ2n) is 4.59. The van der Waals surface area contributed by atoms with Gasteiger partial charge in [-0.15, -0.1) is 0 Å². The van der Waals surface area contributed by atoms with E-state index in [0.29, 0.717) is 17.8 Å². The zero-order valence-electron chi connectivity index (χ0n) is 11.4. The average Bonchev–Trinajstić information content (AvgIpc) is 2.81. The third-order valence-electron chi connectivity index (χ3n) is 2.93. The largest absolute Gasteiger partial charge is 0.389 e. The predicted octanol–water partition coefficient (Wildman–Crippen LogP) is 2.73. The first-order chi connectivity index (χ1) is 9.15. The van der Waals surface area contributed by atoms with E-state index in [2.05, 4.69) is 22.4 Å². The number of amides is 1. The molecule has 106 valence electrons. The van der Waals surface area contributed by atoms with Gasteiger partial charge in [0.2, 0.25) is 5.91 Å². The molecule has 1 amide bonds. The van der Waals surface area contributed by atoms with Crippen LogP contribution in [0.1, 0.15) is 57.4 Å². The summed E-state index contributed by atoms with van der Waals surface area (Å²) in [6.07, 6.45) is 9.00. The van der Waals surface area contributed by atoms with E-state index >= 15 is 0 Å². The Kier molecular flexibility index (Phi) is 7.10. The van der Waals surface area contributed by atoms with E-state index in [-0.39, 0.29) is 10.9 Å². The first-order valence-corrected chi connectivity index (χ1v) is 7.19. The number of aromatic amines is 1. The van der Waals surface area contributed by atoms with Crippen LogP contribution in [0.15, 0.2) is 6.20 Å². The molecule has 0 spiro atoms. The van der Waals surface area contributed by atoms with Crippen molar-refractivity contribution in [2.45, 2.75) is 51.9 Å². The lowest BCUT2D eigenvalue weighted by Gasteiger charge is -2.05. The highest BCUT2D eigenvalue weighted by molar-refractivity contribution is 7.80. The van der Waals surface area contributed by atoms with E-state index in [4.69, 9.17) is 18.0 Å². The highest BCUT2D eigenvalue weighted by Crippen LogP contribution is 2.12. The molecular formula is C13H22N4OS.